The number of rotatable bonds is 3. The molecule has 0 aromatic carbocycles. The van der Waals surface area contributed by atoms with E-state index in [2.05, 4.69) is 27.2 Å². The highest BCUT2D eigenvalue weighted by Gasteiger charge is 2.20. The first-order chi connectivity index (χ1) is 4.48. The van der Waals surface area contributed by atoms with Gasteiger partial charge in [-0.3, -0.25) is 0 Å². The maximum absolute atomic E-state index is 9.50. The Bertz CT molecular complexity index is 81.2. The van der Waals surface area contributed by atoms with Crippen molar-refractivity contribution < 1.29 is 5.11 Å². The molecule has 10 heavy (non-hydrogen) atoms. The molecule has 0 aliphatic rings. The summed E-state index contributed by atoms with van der Waals surface area (Å²) in [7, 11) is 0. The van der Waals surface area contributed by atoms with E-state index in [0.717, 1.165) is 12.8 Å². The summed E-state index contributed by atoms with van der Waals surface area (Å²) in [4.78, 5) is 0. The van der Waals surface area contributed by atoms with Crippen molar-refractivity contribution in [3.05, 3.63) is 6.42 Å². The predicted octanol–water partition coefficient (Wildman–Crippen LogP) is 2.40. The molecule has 1 unspecified atom stereocenters. The Labute approximate surface area is 64.5 Å². The van der Waals surface area contributed by atoms with Gasteiger partial charge in [0, 0.05) is 0 Å². The Morgan fingerprint density at radius 3 is 2.20 bits per heavy atom. The van der Waals surface area contributed by atoms with Gasteiger partial charge in [0.15, 0.2) is 0 Å². The second-order valence-corrected chi connectivity index (χ2v) is 3.87. The van der Waals surface area contributed by atoms with E-state index in [0.29, 0.717) is 0 Å². The predicted molar refractivity (Wildman–Crippen MR) is 44.7 cm³/mol. The van der Waals surface area contributed by atoms with E-state index in [-0.39, 0.29) is 11.5 Å². The Balaban J connectivity index is 3.52. The largest absolute Gasteiger partial charge is 0.393 e. The standard InChI is InChI=1S/C9H19O/c1-5-6-7-8(10)9(2,3)4/h5,8,10H,6-7H2,1-4H3. The highest BCUT2D eigenvalue weighted by Crippen LogP contribution is 2.22. The molecule has 0 aromatic rings. The fraction of sp³-hybridized carbons (Fsp3) is 0.889. The molecule has 0 aromatic heterocycles. The Morgan fingerprint density at radius 1 is 1.40 bits per heavy atom. The van der Waals surface area contributed by atoms with E-state index in [1.807, 2.05) is 6.92 Å². The first-order valence-corrected chi connectivity index (χ1v) is 3.94. The van der Waals surface area contributed by atoms with Crippen LogP contribution >= 0.6 is 0 Å². The van der Waals surface area contributed by atoms with Crippen molar-refractivity contribution >= 4 is 0 Å². The van der Waals surface area contributed by atoms with Gasteiger partial charge in [0.2, 0.25) is 0 Å². The summed E-state index contributed by atoms with van der Waals surface area (Å²) in [5, 5.41) is 9.50. The molecule has 0 fully saturated rings. The summed E-state index contributed by atoms with van der Waals surface area (Å²) in [6.07, 6.45) is 3.83. The van der Waals surface area contributed by atoms with Crippen molar-refractivity contribution in [1.82, 2.24) is 0 Å². The van der Waals surface area contributed by atoms with Crippen LogP contribution in [0.3, 0.4) is 0 Å². The molecule has 61 valence electrons. The van der Waals surface area contributed by atoms with Gasteiger partial charge < -0.3 is 5.11 Å². The molecule has 1 heteroatoms. The van der Waals surface area contributed by atoms with E-state index in [1.54, 1.807) is 0 Å². The maximum Gasteiger partial charge on any atom is 0.0588 e. The zero-order valence-corrected chi connectivity index (χ0v) is 7.52. The molecule has 0 saturated carbocycles. The van der Waals surface area contributed by atoms with E-state index < -0.39 is 0 Å². The number of aliphatic hydroxyl groups is 1. The van der Waals surface area contributed by atoms with Crippen molar-refractivity contribution in [3.63, 3.8) is 0 Å². The Morgan fingerprint density at radius 2 is 1.90 bits per heavy atom. The minimum atomic E-state index is -0.163. The van der Waals surface area contributed by atoms with Gasteiger partial charge in [-0.05, 0) is 24.7 Å². The van der Waals surface area contributed by atoms with E-state index in [4.69, 9.17) is 0 Å². The zero-order valence-electron chi connectivity index (χ0n) is 7.52. The molecule has 1 atom stereocenters. The lowest BCUT2D eigenvalue weighted by Crippen LogP contribution is -2.25. The van der Waals surface area contributed by atoms with Gasteiger partial charge in [-0.15, -0.1) is 0 Å². The van der Waals surface area contributed by atoms with Crippen LogP contribution in [0.1, 0.15) is 40.5 Å². The van der Waals surface area contributed by atoms with Crippen molar-refractivity contribution in [3.8, 4) is 0 Å². The summed E-state index contributed by atoms with van der Waals surface area (Å²) in [6.45, 7) is 8.21. The molecular weight excluding hydrogens is 124 g/mol. The third-order valence-corrected chi connectivity index (χ3v) is 1.73. The summed E-state index contributed by atoms with van der Waals surface area (Å²) >= 11 is 0. The summed E-state index contributed by atoms with van der Waals surface area (Å²) in [5.74, 6) is 0. The van der Waals surface area contributed by atoms with Crippen LogP contribution in [0.2, 0.25) is 0 Å². The fourth-order valence-electron chi connectivity index (χ4n) is 0.758. The number of hydrogen-bond donors (Lipinski definition) is 1. The van der Waals surface area contributed by atoms with Crippen LogP contribution in [0.25, 0.3) is 0 Å². The Hall–Kier alpha value is -0.0400. The molecular formula is C9H19O. The smallest absolute Gasteiger partial charge is 0.0588 e. The third kappa shape index (κ3) is 3.89. The van der Waals surface area contributed by atoms with Crippen LogP contribution in [0.4, 0.5) is 0 Å². The van der Waals surface area contributed by atoms with Crippen LogP contribution < -0.4 is 0 Å². The topological polar surface area (TPSA) is 20.2 Å². The van der Waals surface area contributed by atoms with Crippen molar-refractivity contribution in [2.45, 2.75) is 46.6 Å². The molecule has 0 saturated heterocycles. The SMILES string of the molecule is C[CH]CCC(O)C(C)(C)C. The van der Waals surface area contributed by atoms with E-state index in [9.17, 15) is 5.11 Å². The quantitative estimate of drug-likeness (QED) is 0.643. The van der Waals surface area contributed by atoms with Crippen molar-refractivity contribution in [2.75, 3.05) is 0 Å². The molecule has 0 amide bonds. The summed E-state index contributed by atoms with van der Waals surface area (Å²) in [5.41, 5.74) is 0.0447. The first-order valence-electron chi connectivity index (χ1n) is 3.94. The molecule has 0 aliphatic carbocycles. The number of unbranched alkanes of at least 4 members (excludes halogenated alkanes) is 1. The molecule has 0 aliphatic heterocycles. The average Bonchev–Trinajstić information content (AvgIpc) is 1.80. The van der Waals surface area contributed by atoms with Crippen molar-refractivity contribution in [1.29, 1.82) is 0 Å². The molecule has 0 heterocycles. The monoisotopic (exact) mass is 143 g/mol. The summed E-state index contributed by atoms with van der Waals surface area (Å²) in [6, 6.07) is 0. The molecule has 0 spiro atoms. The third-order valence-electron chi connectivity index (χ3n) is 1.73. The average molecular weight is 143 g/mol. The number of aliphatic hydroxyl groups excluding tert-OH is 1. The van der Waals surface area contributed by atoms with Crippen LogP contribution in [-0.2, 0) is 0 Å². The minimum absolute atomic E-state index is 0.0447. The van der Waals surface area contributed by atoms with Crippen LogP contribution in [-0.4, -0.2) is 11.2 Å². The van der Waals surface area contributed by atoms with Gasteiger partial charge in [0.1, 0.15) is 0 Å². The van der Waals surface area contributed by atoms with Gasteiger partial charge in [0.25, 0.3) is 0 Å². The highest BCUT2D eigenvalue weighted by molar-refractivity contribution is 4.74. The molecule has 0 bridgehead atoms. The molecule has 1 N–H and O–H groups in total. The van der Waals surface area contributed by atoms with Gasteiger partial charge >= 0.3 is 0 Å². The maximum atomic E-state index is 9.50. The van der Waals surface area contributed by atoms with E-state index >= 15 is 0 Å². The fourth-order valence-corrected chi connectivity index (χ4v) is 0.758. The molecule has 1 radical (unpaired) electrons. The second kappa shape index (κ2) is 3.97. The minimum Gasteiger partial charge on any atom is -0.393 e. The van der Waals surface area contributed by atoms with Crippen LogP contribution in [0.15, 0.2) is 0 Å². The lowest BCUT2D eigenvalue weighted by atomic mass is 9.86. The first kappa shape index (κ1) is 9.96. The van der Waals surface area contributed by atoms with E-state index in [1.165, 1.54) is 0 Å². The number of hydrogen-bond acceptors (Lipinski definition) is 1. The van der Waals surface area contributed by atoms with Gasteiger partial charge in [-0.1, -0.05) is 27.7 Å². The second-order valence-electron chi connectivity index (χ2n) is 3.87. The molecule has 0 rings (SSSR count). The molecule has 1 nitrogen and oxygen atoms in total. The Kier molecular flexibility index (Phi) is 3.95. The lowest BCUT2D eigenvalue weighted by molar-refractivity contribution is 0.0558. The van der Waals surface area contributed by atoms with Crippen molar-refractivity contribution in [2.24, 2.45) is 5.41 Å². The van der Waals surface area contributed by atoms with Crippen LogP contribution in [0.5, 0.6) is 0 Å². The summed E-state index contributed by atoms with van der Waals surface area (Å²) < 4.78 is 0. The highest BCUT2D eigenvalue weighted by atomic mass is 16.3. The lowest BCUT2D eigenvalue weighted by Gasteiger charge is -2.25. The van der Waals surface area contributed by atoms with Crippen LogP contribution in [0, 0.1) is 11.8 Å². The van der Waals surface area contributed by atoms with Gasteiger partial charge in [-0.2, -0.15) is 0 Å². The zero-order chi connectivity index (χ0) is 8.20. The van der Waals surface area contributed by atoms with Gasteiger partial charge in [0.05, 0.1) is 6.10 Å². The van der Waals surface area contributed by atoms with Gasteiger partial charge in [-0.25, -0.2) is 0 Å². The normalized spacial score (nSPS) is 15.3.